The quantitative estimate of drug-likeness (QED) is 0.491. The number of benzene rings is 1. The number of nitrogens with zero attached hydrogens (tertiary/aromatic N) is 2. The Balaban J connectivity index is 2.54. The molecule has 104 valence electrons. The van der Waals surface area contributed by atoms with E-state index in [4.69, 9.17) is 0 Å². The van der Waals surface area contributed by atoms with Crippen molar-refractivity contribution in [3.05, 3.63) is 38.3 Å². The molecule has 0 fully saturated rings. The molecule has 0 aliphatic rings. The van der Waals surface area contributed by atoms with E-state index in [1.165, 1.54) is 11.0 Å². The van der Waals surface area contributed by atoms with Crippen molar-refractivity contribution in [1.29, 1.82) is 0 Å². The van der Waals surface area contributed by atoms with Crippen LogP contribution in [0.15, 0.2) is 22.7 Å². The van der Waals surface area contributed by atoms with Gasteiger partial charge in [0.05, 0.1) is 4.92 Å². The van der Waals surface area contributed by atoms with Gasteiger partial charge in [0.15, 0.2) is 0 Å². The van der Waals surface area contributed by atoms with E-state index < -0.39 is 4.92 Å². The summed E-state index contributed by atoms with van der Waals surface area (Å²) in [5, 5.41) is 13.9. The van der Waals surface area contributed by atoms with Crippen LogP contribution >= 0.6 is 15.9 Å². The zero-order valence-electron chi connectivity index (χ0n) is 10.9. The van der Waals surface area contributed by atoms with Gasteiger partial charge in [-0.3, -0.25) is 14.9 Å². The minimum atomic E-state index is -0.410. The summed E-state index contributed by atoms with van der Waals surface area (Å²) in [4.78, 5) is 23.4. The van der Waals surface area contributed by atoms with E-state index in [1.807, 2.05) is 0 Å². The van der Waals surface area contributed by atoms with Gasteiger partial charge >= 0.3 is 0 Å². The molecule has 0 heterocycles. The number of nitro benzene ring substituents is 1. The van der Waals surface area contributed by atoms with E-state index in [2.05, 4.69) is 21.2 Å². The van der Waals surface area contributed by atoms with Crippen LogP contribution in [0.1, 0.15) is 12.0 Å². The Morgan fingerprint density at radius 3 is 2.74 bits per heavy atom. The van der Waals surface area contributed by atoms with E-state index in [-0.39, 0.29) is 11.6 Å². The lowest BCUT2D eigenvalue weighted by atomic mass is 10.2. The van der Waals surface area contributed by atoms with Crippen LogP contribution < -0.4 is 5.32 Å². The molecule has 19 heavy (non-hydrogen) atoms. The van der Waals surface area contributed by atoms with E-state index >= 15 is 0 Å². The van der Waals surface area contributed by atoms with Gasteiger partial charge in [0.1, 0.15) is 0 Å². The Morgan fingerprint density at radius 1 is 1.47 bits per heavy atom. The molecule has 1 aromatic carbocycles. The number of amides is 1. The average Bonchev–Trinajstić information content (AvgIpc) is 2.35. The van der Waals surface area contributed by atoms with Gasteiger partial charge in [-0.05, 0) is 12.1 Å². The fourth-order valence-electron chi connectivity index (χ4n) is 1.50. The van der Waals surface area contributed by atoms with Crippen LogP contribution in [0.3, 0.4) is 0 Å². The number of nitro groups is 1. The van der Waals surface area contributed by atoms with Crippen molar-refractivity contribution < 1.29 is 9.72 Å². The molecule has 1 amide bonds. The number of halogens is 1. The average molecular weight is 330 g/mol. The molecule has 1 aromatic rings. The third-order valence-corrected chi connectivity index (χ3v) is 3.07. The third kappa shape index (κ3) is 4.96. The van der Waals surface area contributed by atoms with Gasteiger partial charge in [0.2, 0.25) is 5.91 Å². The number of carbonyl (C=O) groups excluding carboxylic acids is 1. The molecular weight excluding hydrogens is 314 g/mol. The molecule has 0 saturated heterocycles. The number of hydrogen-bond donors (Lipinski definition) is 1. The molecule has 0 aromatic heterocycles. The Hall–Kier alpha value is -1.47. The Bertz CT molecular complexity index is 477. The highest BCUT2D eigenvalue weighted by Crippen LogP contribution is 2.23. The smallest absolute Gasteiger partial charge is 0.275 e. The summed E-state index contributed by atoms with van der Waals surface area (Å²) in [5.41, 5.74) is 0.673. The van der Waals surface area contributed by atoms with Crippen LogP contribution in [0, 0.1) is 10.1 Å². The molecule has 1 N–H and O–H groups in total. The molecular formula is C12H16BrN3O3. The number of carbonyl (C=O) groups is 1. The largest absolute Gasteiger partial charge is 0.349 e. The van der Waals surface area contributed by atoms with Crippen LogP contribution in [-0.4, -0.2) is 36.4 Å². The SMILES string of the molecule is CN(C)C(=O)CCNCc1ccc(Br)cc1[N+](=O)[O-]. The molecule has 0 aliphatic heterocycles. The molecule has 0 bridgehead atoms. The summed E-state index contributed by atoms with van der Waals surface area (Å²) in [6.07, 6.45) is 0.372. The fourth-order valence-corrected chi connectivity index (χ4v) is 1.85. The minimum absolute atomic E-state index is 0.0257. The zero-order chi connectivity index (χ0) is 14.4. The first-order valence-corrected chi connectivity index (χ1v) is 6.55. The number of nitrogens with one attached hydrogen (secondary N) is 1. The minimum Gasteiger partial charge on any atom is -0.349 e. The first-order chi connectivity index (χ1) is 8.91. The summed E-state index contributed by atoms with van der Waals surface area (Å²) < 4.78 is 0.672. The van der Waals surface area contributed by atoms with Crippen LogP contribution in [0.4, 0.5) is 5.69 Å². The molecule has 1 rings (SSSR count). The first kappa shape index (κ1) is 15.6. The van der Waals surface area contributed by atoms with Crippen LogP contribution in [-0.2, 0) is 11.3 Å². The van der Waals surface area contributed by atoms with Gasteiger partial charge in [0, 0.05) is 49.7 Å². The third-order valence-electron chi connectivity index (χ3n) is 2.57. The molecule has 0 unspecified atom stereocenters. The lowest BCUT2D eigenvalue weighted by Crippen LogP contribution is -2.26. The lowest BCUT2D eigenvalue weighted by molar-refractivity contribution is -0.385. The van der Waals surface area contributed by atoms with Gasteiger partial charge in [-0.15, -0.1) is 0 Å². The van der Waals surface area contributed by atoms with E-state index in [0.717, 1.165) is 0 Å². The van der Waals surface area contributed by atoms with Gasteiger partial charge in [-0.1, -0.05) is 15.9 Å². The zero-order valence-corrected chi connectivity index (χ0v) is 12.4. The number of hydrogen-bond acceptors (Lipinski definition) is 4. The number of rotatable bonds is 6. The predicted octanol–water partition coefficient (Wildman–Crippen LogP) is 1.93. The molecule has 7 heteroatoms. The summed E-state index contributed by atoms with van der Waals surface area (Å²) in [5.74, 6) is 0.0257. The van der Waals surface area contributed by atoms with Crippen molar-refractivity contribution in [3.8, 4) is 0 Å². The van der Waals surface area contributed by atoms with Crippen LogP contribution in [0.25, 0.3) is 0 Å². The van der Waals surface area contributed by atoms with Gasteiger partial charge < -0.3 is 10.2 Å². The maximum Gasteiger partial charge on any atom is 0.275 e. The predicted molar refractivity (Wildman–Crippen MR) is 75.8 cm³/mol. The maximum atomic E-state index is 11.3. The highest BCUT2D eigenvalue weighted by Gasteiger charge is 2.13. The van der Waals surface area contributed by atoms with E-state index in [0.29, 0.717) is 29.5 Å². The maximum absolute atomic E-state index is 11.3. The molecule has 0 aliphatic carbocycles. The van der Waals surface area contributed by atoms with Gasteiger partial charge in [0.25, 0.3) is 5.69 Å². The molecule has 6 nitrogen and oxygen atoms in total. The van der Waals surface area contributed by atoms with Crippen molar-refractivity contribution in [1.82, 2.24) is 10.2 Å². The molecule has 0 saturated carbocycles. The highest BCUT2D eigenvalue weighted by molar-refractivity contribution is 9.10. The van der Waals surface area contributed by atoms with Crippen molar-refractivity contribution >= 4 is 27.5 Å². The normalized spacial score (nSPS) is 10.3. The monoisotopic (exact) mass is 329 g/mol. The standard InChI is InChI=1S/C12H16BrN3O3/c1-15(2)12(17)5-6-14-8-9-3-4-10(13)7-11(9)16(18)19/h3-4,7,14H,5-6,8H2,1-2H3. The second-order valence-electron chi connectivity index (χ2n) is 4.25. The summed E-state index contributed by atoms with van der Waals surface area (Å²) in [7, 11) is 3.39. The first-order valence-electron chi connectivity index (χ1n) is 5.75. The second kappa shape index (κ2) is 7.20. The Kier molecular flexibility index (Phi) is 5.91. The topological polar surface area (TPSA) is 75.5 Å². The second-order valence-corrected chi connectivity index (χ2v) is 5.16. The molecule has 0 atom stereocenters. The molecule has 0 spiro atoms. The Labute approximate surface area is 120 Å². The van der Waals surface area contributed by atoms with Crippen molar-refractivity contribution in [2.24, 2.45) is 0 Å². The van der Waals surface area contributed by atoms with Gasteiger partial charge in [-0.2, -0.15) is 0 Å². The van der Waals surface area contributed by atoms with Crippen molar-refractivity contribution in [2.45, 2.75) is 13.0 Å². The van der Waals surface area contributed by atoms with Crippen LogP contribution in [0.5, 0.6) is 0 Å². The van der Waals surface area contributed by atoms with E-state index in [1.54, 1.807) is 26.2 Å². The van der Waals surface area contributed by atoms with Crippen molar-refractivity contribution in [2.75, 3.05) is 20.6 Å². The summed E-state index contributed by atoms with van der Waals surface area (Å²) in [6.45, 7) is 0.856. The molecule has 0 radical (unpaired) electrons. The van der Waals surface area contributed by atoms with Crippen molar-refractivity contribution in [3.63, 3.8) is 0 Å². The fraction of sp³-hybridized carbons (Fsp3) is 0.417. The van der Waals surface area contributed by atoms with Crippen LogP contribution in [0.2, 0.25) is 0 Å². The van der Waals surface area contributed by atoms with Gasteiger partial charge in [-0.25, -0.2) is 0 Å². The lowest BCUT2D eigenvalue weighted by Gasteiger charge is -2.10. The Morgan fingerprint density at radius 2 is 2.16 bits per heavy atom. The summed E-state index contributed by atoms with van der Waals surface area (Å²) >= 11 is 3.21. The van der Waals surface area contributed by atoms with E-state index in [9.17, 15) is 14.9 Å². The highest BCUT2D eigenvalue weighted by atomic mass is 79.9. The summed E-state index contributed by atoms with van der Waals surface area (Å²) in [6, 6.07) is 4.93.